The zero-order valence-electron chi connectivity index (χ0n) is 17.7. The van der Waals surface area contributed by atoms with E-state index in [1.165, 1.54) is 57.8 Å². The van der Waals surface area contributed by atoms with Gasteiger partial charge >= 0.3 is 7.60 Å². The van der Waals surface area contributed by atoms with Gasteiger partial charge in [-0.15, -0.1) is 0 Å². The van der Waals surface area contributed by atoms with E-state index in [0.717, 1.165) is 25.7 Å². The standard InChI is InChI=1S/C23H41O3P/c1-3-5-7-8-9-10-11-12-13-14-18-22-26-27(24,25-21-6-4-2)23-19-16-15-17-20-23/h15-17,19-20H,3-14,18,21-22H2,1-2H3. The third-order valence-electron chi connectivity index (χ3n) is 4.84. The molecule has 1 aromatic rings. The minimum Gasteiger partial charge on any atom is -0.305 e. The van der Waals surface area contributed by atoms with Gasteiger partial charge in [0.15, 0.2) is 0 Å². The summed E-state index contributed by atoms with van der Waals surface area (Å²) in [4.78, 5) is 0. The normalized spacial score (nSPS) is 13.6. The molecule has 0 fully saturated rings. The molecule has 0 N–H and O–H groups in total. The molecule has 0 amide bonds. The maximum Gasteiger partial charge on any atom is 0.361 e. The van der Waals surface area contributed by atoms with Gasteiger partial charge in [0.1, 0.15) is 0 Å². The maximum absolute atomic E-state index is 13.1. The fraction of sp³-hybridized carbons (Fsp3) is 0.739. The monoisotopic (exact) mass is 396 g/mol. The van der Waals surface area contributed by atoms with Crippen LogP contribution < -0.4 is 5.30 Å². The Kier molecular flexibility index (Phi) is 14.8. The van der Waals surface area contributed by atoms with Crippen molar-refractivity contribution < 1.29 is 13.6 Å². The molecule has 0 saturated carbocycles. The van der Waals surface area contributed by atoms with Gasteiger partial charge in [0.2, 0.25) is 0 Å². The van der Waals surface area contributed by atoms with E-state index in [-0.39, 0.29) is 0 Å². The van der Waals surface area contributed by atoms with Gasteiger partial charge in [0.25, 0.3) is 0 Å². The zero-order valence-corrected chi connectivity index (χ0v) is 18.6. The van der Waals surface area contributed by atoms with Gasteiger partial charge in [0, 0.05) is 0 Å². The minimum absolute atomic E-state index is 0.487. The molecule has 1 rings (SSSR count). The smallest absolute Gasteiger partial charge is 0.305 e. The average molecular weight is 397 g/mol. The predicted molar refractivity (Wildman–Crippen MR) is 117 cm³/mol. The maximum atomic E-state index is 13.1. The van der Waals surface area contributed by atoms with Crippen LogP contribution in [-0.4, -0.2) is 13.2 Å². The molecular weight excluding hydrogens is 355 g/mol. The molecule has 0 spiro atoms. The molecule has 0 bridgehead atoms. The van der Waals surface area contributed by atoms with Gasteiger partial charge in [-0.25, -0.2) is 0 Å². The molecule has 156 valence electrons. The number of rotatable bonds is 18. The highest BCUT2D eigenvalue weighted by molar-refractivity contribution is 7.62. The van der Waals surface area contributed by atoms with Gasteiger partial charge < -0.3 is 9.05 Å². The molecule has 0 radical (unpaired) electrons. The van der Waals surface area contributed by atoms with Crippen molar-refractivity contribution in [1.82, 2.24) is 0 Å². The van der Waals surface area contributed by atoms with Crippen LogP contribution in [0.3, 0.4) is 0 Å². The van der Waals surface area contributed by atoms with E-state index in [4.69, 9.17) is 9.05 Å². The van der Waals surface area contributed by atoms with Crippen molar-refractivity contribution in [3.63, 3.8) is 0 Å². The Morgan fingerprint density at radius 1 is 0.630 bits per heavy atom. The summed E-state index contributed by atoms with van der Waals surface area (Å²) in [6, 6.07) is 9.37. The van der Waals surface area contributed by atoms with E-state index in [1.54, 1.807) is 0 Å². The van der Waals surface area contributed by atoms with E-state index in [0.29, 0.717) is 18.5 Å². The van der Waals surface area contributed by atoms with Crippen LogP contribution in [0.2, 0.25) is 0 Å². The SMILES string of the molecule is CCCCCCCCCCCCCOP(=O)(OCCCC)c1ccccc1. The van der Waals surface area contributed by atoms with Crippen LogP contribution in [-0.2, 0) is 13.6 Å². The van der Waals surface area contributed by atoms with Crippen LogP contribution in [0.5, 0.6) is 0 Å². The van der Waals surface area contributed by atoms with E-state index < -0.39 is 7.60 Å². The van der Waals surface area contributed by atoms with Gasteiger partial charge in [-0.2, -0.15) is 0 Å². The third kappa shape index (κ3) is 11.7. The van der Waals surface area contributed by atoms with Crippen molar-refractivity contribution in [2.75, 3.05) is 13.2 Å². The van der Waals surface area contributed by atoms with E-state index in [2.05, 4.69) is 13.8 Å². The Morgan fingerprint density at radius 2 is 1.07 bits per heavy atom. The molecule has 0 aromatic heterocycles. The second kappa shape index (κ2) is 16.3. The quantitative estimate of drug-likeness (QED) is 0.189. The summed E-state index contributed by atoms with van der Waals surface area (Å²) in [7, 11) is -3.18. The third-order valence-corrected chi connectivity index (χ3v) is 6.82. The summed E-state index contributed by atoms with van der Waals surface area (Å²) in [5.41, 5.74) is 0. The summed E-state index contributed by atoms with van der Waals surface area (Å²) in [6.07, 6.45) is 16.2. The van der Waals surface area contributed by atoms with E-state index >= 15 is 0 Å². The topological polar surface area (TPSA) is 35.5 Å². The molecule has 3 nitrogen and oxygen atoms in total. The van der Waals surface area contributed by atoms with Crippen molar-refractivity contribution in [2.24, 2.45) is 0 Å². The Hall–Kier alpha value is -0.630. The largest absolute Gasteiger partial charge is 0.361 e. The number of hydrogen-bond donors (Lipinski definition) is 0. The highest BCUT2D eigenvalue weighted by atomic mass is 31.2. The van der Waals surface area contributed by atoms with Gasteiger partial charge in [-0.3, -0.25) is 4.57 Å². The van der Waals surface area contributed by atoms with Crippen LogP contribution in [0.25, 0.3) is 0 Å². The lowest BCUT2D eigenvalue weighted by Gasteiger charge is -2.18. The lowest BCUT2D eigenvalue weighted by molar-refractivity contribution is 0.207. The van der Waals surface area contributed by atoms with Crippen molar-refractivity contribution in [3.8, 4) is 0 Å². The number of unbranched alkanes of at least 4 members (excludes halogenated alkanes) is 11. The summed E-state index contributed by atoms with van der Waals surface area (Å²) >= 11 is 0. The molecule has 0 aliphatic rings. The first-order chi connectivity index (χ1) is 13.2. The fourth-order valence-electron chi connectivity index (χ4n) is 3.08. The molecule has 0 saturated heterocycles. The van der Waals surface area contributed by atoms with E-state index in [1.807, 2.05) is 30.3 Å². The first kappa shape index (κ1) is 24.4. The first-order valence-electron chi connectivity index (χ1n) is 11.2. The van der Waals surface area contributed by atoms with Crippen LogP contribution in [0.1, 0.15) is 97.3 Å². The number of benzene rings is 1. The van der Waals surface area contributed by atoms with Gasteiger partial charge in [-0.05, 0) is 25.0 Å². The highest BCUT2D eigenvalue weighted by Crippen LogP contribution is 2.47. The lowest BCUT2D eigenvalue weighted by atomic mass is 10.1. The molecule has 1 aromatic carbocycles. The molecule has 4 heteroatoms. The Labute approximate surface area is 167 Å². The Balaban J connectivity index is 2.16. The lowest BCUT2D eigenvalue weighted by Crippen LogP contribution is -2.11. The summed E-state index contributed by atoms with van der Waals surface area (Å²) < 4.78 is 24.6. The first-order valence-corrected chi connectivity index (χ1v) is 12.7. The summed E-state index contributed by atoms with van der Waals surface area (Å²) in [6.45, 7) is 5.36. The average Bonchev–Trinajstić information content (AvgIpc) is 2.70. The highest BCUT2D eigenvalue weighted by Gasteiger charge is 2.26. The minimum atomic E-state index is -3.18. The molecule has 27 heavy (non-hydrogen) atoms. The second-order valence-electron chi connectivity index (χ2n) is 7.39. The molecule has 0 heterocycles. The molecule has 1 atom stereocenters. The Bertz CT molecular complexity index is 490. The van der Waals surface area contributed by atoms with Crippen molar-refractivity contribution in [2.45, 2.75) is 97.3 Å². The van der Waals surface area contributed by atoms with Crippen molar-refractivity contribution >= 4 is 12.9 Å². The molecule has 1 unspecified atom stereocenters. The van der Waals surface area contributed by atoms with Crippen LogP contribution >= 0.6 is 7.60 Å². The fourth-order valence-corrected chi connectivity index (χ4v) is 4.73. The molecular formula is C23H41O3P. The number of hydrogen-bond acceptors (Lipinski definition) is 3. The Morgan fingerprint density at radius 3 is 1.59 bits per heavy atom. The van der Waals surface area contributed by atoms with Crippen LogP contribution in [0, 0.1) is 0 Å². The van der Waals surface area contributed by atoms with E-state index in [9.17, 15) is 4.57 Å². The summed E-state index contributed by atoms with van der Waals surface area (Å²) in [5.74, 6) is 0. The summed E-state index contributed by atoms with van der Waals surface area (Å²) in [5, 5.41) is 0.671. The second-order valence-corrected chi connectivity index (χ2v) is 9.42. The molecule has 0 aliphatic heterocycles. The molecule has 0 aliphatic carbocycles. The van der Waals surface area contributed by atoms with Crippen molar-refractivity contribution in [3.05, 3.63) is 30.3 Å². The van der Waals surface area contributed by atoms with Gasteiger partial charge in [0.05, 0.1) is 18.5 Å². The van der Waals surface area contributed by atoms with Crippen molar-refractivity contribution in [1.29, 1.82) is 0 Å². The van der Waals surface area contributed by atoms with Gasteiger partial charge in [-0.1, -0.05) is 103 Å². The zero-order chi connectivity index (χ0) is 19.6. The van der Waals surface area contributed by atoms with Crippen LogP contribution in [0.15, 0.2) is 30.3 Å². The van der Waals surface area contributed by atoms with Crippen LogP contribution in [0.4, 0.5) is 0 Å². The predicted octanol–water partition coefficient (Wildman–Crippen LogP) is 7.65.